The van der Waals surface area contributed by atoms with E-state index in [2.05, 4.69) is 29.8 Å². The molecule has 0 bridgehead atoms. The Hall–Kier alpha value is -1.16. The van der Waals surface area contributed by atoms with Crippen LogP contribution in [0, 0.1) is 0 Å². The first-order chi connectivity index (χ1) is 9.55. The van der Waals surface area contributed by atoms with Crippen LogP contribution in [0.25, 0.3) is 10.9 Å². The van der Waals surface area contributed by atoms with Crippen molar-refractivity contribution < 1.29 is 4.74 Å². The Balaban J connectivity index is 1.92. The van der Waals surface area contributed by atoms with Gasteiger partial charge in [0.25, 0.3) is 0 Å². The SMILES string of the molecule is CC1(C)CN(Cc2c(Cl)ccc3cccnc23)CCO1. The van der Waals surface area contributed by atoms with Gasteiger partial charge in [-0.2, -0.15) is 0 Å². The van der Waals surface area contributed by atoms with E-state index in [4.69, 9.17) is 16.3 Å². The Labute approximate surface area is 124 Å². The van der Waals surface area contributed by atoms with Crippen molar-refractivity contribution in [1.29, 1.82) is 0 Å². The molecule has 0 spiro atoms. The van der Waals surface area contributed by atoms with Gasteiger partial charge >= 0.3 is 0 Å². The van der Waals surface area contributed by atoms with Crippen LogP contribution in [0.15, 0.2) is 30.5 Å². The minimum Gasteiger partial charge on any atom is -0.373 e. The van der Waals surface area contributed by atoms with Crippen molar-refractivity contribution in [2.45, 2.75) is 26.0 Å². The molecule has 1 fully saturated rings. The topological polar surface area (TPSA) is 25.4 Å². The lowest BCUT2D eigenvalue weighted by Crippen LogP contribution is -2.47. The minimum atomic E-state index is -0.0945. The molecule has 4 heteroatoms. The van der Waals surface area contributed by atoms with Crippen LogP contribution in [-0.4, -0.2) is 35.2 Å². The van der Waals surface area contributed by atoms with Crippen molar-refractivity contribution in [1.82, 2.24) is 9.88 Å². The van der Waals surface area contributed by atoms with E-state index in [1.54, 1.807) is 0 Å². The van der Waals surface area contributed by atoms with Crippen LogP contribution in [0.1, 0.15) is 19.4 Å². The monoisotopic (exact) mass is 290 g/mol. The van der Waals surface area contributed by atoms with Gasteiger partial charge in [0.1, 0.15) is 0 Å². The van der Waals surface area contributed by atoms with Crippen LogP contribution in [-0.2, 0) is 11.3 Å². The summed E-state index contributed by atoms with van der Waals surface area (Å²) in [6.45, 7) is 7.68. The zero-order valence-electron chi connectivity index (χ0n) is 11.9. The number of ether oxygens (including phenoxy) is 1. The molecular formula is C16H19ClN2O. The Kier molecular flexibility index (Phi) is 3.67. The number of rotatable bonds is 2. The molecule has 106 valence electrons. The number of hydrogen-bond acceptors (Lipinski definition) is 3. The summed E-state index contributed by atoms with van der Waals surface area (Å²) in [5.41, 5.74) is 2.02. The van der Waals surface area contributed by atoms with E-state index < -0.39 is 0 Å². The van der Waals surface area contributed by atoms with Crippen molar-refractivity contribution >= 4 is 22.5 Å². The highest BCUT2D eigenvalue weighted by molar-refractivity contribution is 6.32. The summed E-state index contributed by atoms with van der Waals surface area (Å²) in [5.74, 6) is 0. The van der Waals surface area contributed by atoms with Crippen LogP contribution >= 0.6 is 11.6 Å². The number of fused-ring (bicyclic) bond motifs is 1. The summed E-state index contributed by atoms with van der Waals surface area (Å²) in [6, 6.07) is 8.02. The molecule has 0 N–H and O–H groups in total. The molecule has 20 heavy (non-hydrogen) atoms. The highest BCUT2D eigenvalue weighted by Gasteiger charge is 2.27. The van der Waals surface area contributed by atoms with Gasteiger partial charge in [-0.3, -0.25) is 9.88 Å². The minimum absolute atomic E-state index is 0.0945. The highest BCUT2D eigenvalue weighted by Crippen LogP contribution is 2.27. The number of morpholine rings is 1. The Morgan fingerprint density at radius 1 is 1.35 bits per heavy atom. The standard InChI is InChI=1S/C16H19ClN2O/c1-16(2)11-19(8-9-20-16)10-13-14(17)6-5-12-4-3-7-18-15(12)13/h3-7H,8-11H2,1-2H3. The van der Waals surface area contributed by atoms with E-state index in [0.717, 1.165) is 47.7 Å². The normalized spacial score (nSPS) is 19.4. The lowest BCUT2D eigenvalue weighted by atomic mass is 10.1. The summed E-state index contributed by atoms with van der Waals surface area (Å²) in [5, 5.41) is 1.93. The van der Waals surface area contributed by atoms with E-state index >= 15 is 0 Å². The van der Waals surface area contributed by atoms with Gasteiger partial charge in [-0.1, -0.05) is 23.7 Å². The third-order valence-corrected chi connectivity index (χ3v) is 4.06. The average molecular weight is 291 g/mol. The quantitative estimate of drug-likeness (QED) is 0.846. The molecule has 3 nitrogen and oxygen atoms in total. The molecule has 3 rings (SSSR count). The van der Waals surface area contributed by atoms with Gasteiger partial charge in [-0.15, -0.1) is 0 Å². The summed E-state index contributed by atoms with van der Waals surface area (Å²) < 4.78 is 5.76. The van der Waals surface area contributed by atoms with E-state index in [1.807, 2.05) is 24.4 Å². The van der Waals surface area contributed by atoms with Gasteiger partial charge in [0.05, 0.1) is 17.7 Å². The molecular weight excluding hydrogens is 272 g/mol. The van der Waals surface area contributed by atoms with Crippen LogP contribution in [0.3, 0.4) is 0 Å². The second-order valence-electron chi connectivity index (χ2n) is 5.92. The fraction of sp³-hybridized carbons (Fsp3) is 0.438. The van der Waals surface area contributed by atoms with Crippen LogP contribution < -0.4 is 0 Å². The molecule has 1 aliphatic rings. The van der Waals surface area contributed by atoms with Gasteiger partial charge < -0.3 is 4.74 Å². The number of hydrogen-bond donors (Lipinski definition) is 0. The molecule has 0 radical (unpaired) electrons. The van der Waals surface area contributed by atoms with Crippen molar-refractivity contribution in [3.63, 3.8) is 0 Å². The number of benzene rings is 1. The summed E-state index contributed by atoms with van der Waals surface area (Å²) in [6.07, 6.45) is 1.82. The number of halogens is 1. The van der Waals surface area contributed by atoms with Gasteiger partial charge in [0, 0.05) is 41.8 Å². The first-order valence-corrected chi connectivity index (χ1v) is 7.31. The number of aromatic nitrogens is 1. The Morgan fingerprint density at radius 2 is 2.20 bits per heavy atom. The first-order valence-electron chi connectivity index (χ1n) is 6.94. The van der Waals surface area contributed by atoms with Crippen LogP contribution in [0.4, 0.5) is 0 Å². The van der Waals surface area contributed by atoms with E-state index in [9.17, 15) is 0 Å². The predicted octanol–water partition coefficient (Wildman–Crippen LogP) is 3.50. The van der Waals surface area contributed by atoms with E-state index in [-0.39, 0.29) is 5.60 Å². The summed E-state index contributed by atoms with van der Waals surface area (Å²) in [7, 11) is 0. The lowest BCUT2D eigenvalue weighted by molar-refractivity contribution is -0.0881. The molecule has 2 heterocycles. The zero-order chi connectivity index (χ0) is 14.2. The number of pyridine rings is 1. The predicted molar refractivity (Wildman–Crippen MR) is 82.1 cm³/mol. The average Bonchev–Trinajstić information content (AvgIpc) is 2.41. The maximum Gasteiger partial charge on any atom is 0.0761 e. The number of nitrogens with zero attached hydrogens (tertiary/aromatic N) is 2. The summed E-state index contributed by atoms with van der Waals surface area (Å²) >= 11 is 6.40. The second-order valence-corrected chi connectivity index (χ2v) is 6.33. The highest BCUT2D eigenvalue weighted by atomic mass is 35.5. The molecule has 0 atom stereocenters. The van der Waals surface area contributed by atoms with Gasteiger partial charge in [-0.05, 0) is 26.0 Å². The molecule has 1 aromatic carbocycles. The maximum atomic E-state index is 6.40. The molecule has 1 aromatic heterocycles. The van der Waals surface area contributed by atoms with Crippen molar-refractivity contribution in [3.8, 4) is 0 Å². The molecule has 0 amide bonds. The molecule has 0 saturated carbocycles. The lowest BCUT2D eigenvalue weighted by Gasteiger charge is -2.38. The van der Waals surface area contributed by atoms with Gasteiger partial charge in [0.2, 0.25) is 0 Å². The van der Waals surface area contributed by atoms with Gasteiger partial charge in [-0.25, -0.2) is 0 Å². The molecule has 1 saturated heterocycles. The maximum absolute atomic E-state index is 6.40. The third kappa shape index (κ3) is 2.80. The van der Waals surface area contributed by atoms with Crippen LogP contribution in [0.2, 0.25) is 5.02 Å². The van der Waals surface area contributed by atoms with Gasteiger partial charge in [0.15, 0.2) is 0 Å². The van der Waals surface area contributed by atoms with Crippen molar-refractivity contribution in [2.24, 2.45) is 0 Å². The molecule has 0 aliphatic carbocycles. The smallest absolute Gasteiger partial charge is 0.0761 e. The second kappa shape index (κ2) is 5.32. The Morgan fingerprint density at radius 3 is 3.00 bits per heavy atom. The fourth-order valence-corrected chi connectivity index (χ4v) is 3.02. The van der Waals surface area contributed by atoms with E-state index in [0.29, 0.717) is 0 Å². The Bertz CT molecular complexity index is 627. The largest absolute Gasteiger partial charge is 0.373 e. The molecule has 2 aromatic rings. The molecule has 1 aliphatic heterocycles. The zero-order valence-corrected chi connectivity index (χ0v) is 12.7. The van der Waals surface area contributed by atoms with Crippen molar-refractivity contribution in [2.75, 3.05) is 19.7 Å². The first kappa shape index (κ1) is 13.8. The van der Waals surface area contributed by atoms with E-state index in [1.165, 1.54) is 0 Å². The van der Waals surface area contributed by atoms with Crippen molar-refractivity contribution in [3.05, 3.63) is 41.0 Å². The third-order valence-electron chi connectivity index (χ3n) is 3.71. The summed E-state index contributed by atoms with van der Waals surface area (Å²) in [4.78, 5) is 6.89. The molecule has 0 unspecified atom stereocenters. The van der Waals surface area contributed by atoms with Crippen LogP contribution in [0.5, 0.6) is 0 Å². The fourth-order valence-electron chi connectivity index (χ4n) is 2.80.